The monoisotopic (exact) mass is 336 g/mol. The van der Waals surface area contributed by atoms with Crippen molar-refractivity contribution in [2.45, 2.75) is 20.4 Å². The molecular formula is C17H16N6O2. The molecule has 4 aromatic rings. The first-order chi connectivity index (χ1) is 12.0. The van der Waals surface area contributed by atoms with Crippen LogP contribution in [-0.4, -0.2) is 29.5 Å². The van der Waals surface area contributed by atoms with Gasteiger partial charge in [-0.25, -0.2) is 4.98 Å². The van der Waals surface area contributed by atoms with Crippen molar-refractivity contribution in [3.63, 3.8) is 0 Å². The first-order valence-corrected chi connectivity index (χ1v) is 7.81. The van der Waals surface area contributed by atoms with Crippen LogP contribution >= 0.6 is 0 Å². The van der Waals surface area contributed by atoms with Gasteiger partial charge in [0, 0.05) is 19.5 Å². The number of rotatable bonds is 3. The molecule has 3 heterocycles. The second-order valence-corrected chi connectivity index (χ2v) is 5.89. The molecule has 0 fully saturated rings. The predicted molar refractivity (Wildman–Crippen MR) is 91.1 cm³/mol. The average Bonchev–Trinajstić information content (AvgIpc) is 3.19. The van der Waals surface area contributed by atoms with Gasteiger partial charge >= 0.3 is 0 Å². The molecule has 4 rings (SSSR count). The first kappa shape index (κ1) is 15.3. The van der Waals surface area contributed by atoms with Crippen molar-refractivity contribution in [2.75, 3.05) is 0 Å². The Morgan fingerprint density at radius 3 is 2.56 bits per heavy atom. The fraction of sp³-hybridized carbons (Fsp3) is 0.235. The highest BCUT2D eigenvalue weighted by atomic mass is 16.5. The van der Waals surface area contributed by atoms with Gasteiger partial charge in [-0.15, -0.1) is 0 Å². The van der Waals surface area contributed by atoms with Crippen LogP contribution in [0, 0.1) is 13.8 Å². The molecule has 0 aliphatic heterocycles. The molecule has 8 heteroatoms. The zero-order chi connectivity index (χ0) is 17.6. The Bertz CT molecular complexity index is 1120. The van der Waals surface area contributed by atoms with E-state index >= 15 is 0 Å². The summed E-state index contributed by atoms with van der Waals surface area (Å²) in [4.78, 5) is 21.4. The molecule has 0 amide bonds. The minimum Gasteiger partial charge on any atom is -0.339 e. The van der Waals surface area contributed by atoms with Crippen LogP contribution in [0.15, 0.2) is 39.8 Å². The summed E-state index contributed by atoms with van der Waals surface area (Å²) in [5.74, 6) is 1.73. The van der Waals surface area contributed by atoms with Crippen molar-refractivity contribution in [2.24, 2.45) is 7.05 Å². The number of hydrogen-bond donors (Lipinski definition) is 0. The Labute approximate surface area is 142 Å². The maximum atomic E-state index is 12.7. The summed E-state index contributed by atoms with van der Waals surface area (Å²) >= 11 is 0. The summed E-state index contributed by atoms with van der Waals surface area (Å²) in [5, 5.41) is 8.54. The second kappa shape index (κ2) is 5.66. The lowest BCUT2D eigenvalue weighted by Crippen LogP contribution is -2.24. The summed E-state index contributed by atoms with van der Waals surface area (Å²) in [5.41, 5.74) is 2.36. The first-order valence-electron chi connectivity index (χ1n) is 7.81. The number of fused-ring (bicyclic) bond motifs is 1. The minimum atomic E-state index is -0.0894. The van der Waals surface area contributed by atoms with Crippen molar-refractivity contribution in [1.82, 2.24) is 29.5 Å². The third kappa shape index (κ3) is 2.61. The minimum absolute atomic E-state index is 0.0894. The third-order valence-corrected chi connectivity index (χ3v) is 4.12. The van der Waals surface area contributed by atoms with E-state index in [0.29, 0.717) is 35.1 Å². The lowest BCUT2D eigenvalue weighted by Gasteiger charge is -2.10. The molecule has 0 saturated carbocycles. The Kier molecular flexibility index (Phi) is 3.45. The lowest BCUT2D eigenvalue weighted by molar-refractivity contribution is 0.394. The van der Waals surface area contributed by atoms with E-state index in [1.165, 1.54) is 0 Å². The normalized spacial score (nSPS) is 11.3. The van der Waals surface area contributed by atoms with Crippen LogP contribution in [0.2, 0.25) is 0 Å². The summed E-state index contributed by atoms with van der Waals surface area (Å²) < 4.78 is 8.25. The second-order valence-electron chi connectivity index (χ2n) is 5.89. The predicted octanol–water partition coefficient (Wildman–Crippen LogP) is 1.85. The number of nitrogens with zero attached hydrogens (tertiary/aromatic N) is 6. The molecule has 0 atom stereocenters. The van der Waals surface area contributed by atoms with Gasteiger partial charge in [-0.05, 0) is 12.5 Å². The topological polar surface area (TPSA) is 91.6 Å². The standard InChI is InChI=1S/C17H16N6O2/c1-10-19-16-14(8-18-22(16)3)17(24)23(10)9-12-4-6-13(7-5-12)15-20-11(2)25-21-15/h4-8H,9H2,1-3H3. The van der Waals surface area contributed by atoms with Gasteiger partial charge in [0.05, 0.1) is 12.7 Å². The van der Waals surface area contributed by atoms with Crippen LogP contribution in [-0.2, 0) is 13.6 Å². The van der Waals surface area contributed by atoms with Gasteiger partial charge in [0.25, 0.3) is 5.56 Å². The van der Waals surface area contributed by atoms with Gasteiger partial charge in [0.2, 0.25) is 11.7 Å². The zero-order valence-corrected chi connectivity index (χ0v) is 14.1. The Hall–Kier alpha value is -3.29. The van der Waals surface area contributed by atoms with E-state index in [2.05, 4.69) is 20.2 Å². The molecule has 0 N–H and O–H groups in total. The summed E-state index contributed by atoms with van der Waals surface area (Å²) in [6, 6.07) is 7.72. The van der Waals surface area contributed by atoms with E-state index in [4.69, 9.17) is 4.52 Å². The summed E-state index contributed by atoms with van der Waals surface area (Å²) in [7, 11) is 1.77. The van der Waals surface area contributed by atoms with E-state index in [1.807, 2.05) is 31.2 Å². The molecule has 25 heavy (non-hydrogen) atoms. The van der Waals surface area contributed by atoms with Gasteiger partial charge in [0.15, 0.2) is 5.65 Å². The van der Waals surface area contributed by atoms with Gasteiger partial charge in [-0.2, -0.15) is 10.1 Å². The molecular weight excluding hydrogens is 320 g/mol. The Balaban J connectivity index is 1.68. The van der Waals surface area contributed by atoms with Gasteiger partial charge < -0.3 is 4.52 Å². The van der Waals surface area contributed by atoms with E-state index in [9.17, 15) is 4.79 Å². The maximum Gasteiger partial charge on any atom is 0.264 e. The van der Waals surface area contributed by atoms with E-state index in [-0.39, 0.29) is 5.56 Å². The molecule has 0 unspecified atom stereocenters. The molecule has 0 saturated heterocycles. The molecule has 0 aliphatic carbocycles. The van der Waals surface area contributed by atoms with Crippen LogP contribution in [0.3, 0.4) is 0 Å². The van der Waals surface area contributed by atoms with Gasteiger partial charge in [-0.1, -0.05) is 29.4 Å². The molecule has 1 aromatic carbocycles. The smallest absolute Gasteiger partial charge is 0.264 e. The summed E-state index contributed by atoms with van der Waals surface area (Å²) in [6.07, 6.45) is 1.56. The molecule has 0 spiro atoms. The number of benzene rings is 1. The van der Waals surface area contributed by atoms with Crippen LogP contribution in [0.1, 0.15) is 17.3 Å². The lowest BCUT2D eigenvalue weighted by atomic mass is 10.1. The Morgan fingerprint density at radius 1 is 1.12 bits per heavy atom. The van der Waals surface area contributed by atoms with Gasteiger partial charge in [0.1, 0.15) is 11.2 Å². The quantitative estimate of drug-likeness (QED) is 0.567. The molecule has 126 valence electrons. The van der Waals surface area contributed by atoms with Crippen molar-refractivity contribution in [3.8, 4) is 11.4 Å². The van der Waals surface area contributed by atoms with E-state index < -0.39 is 0 Å². The molecule has 8 nitrogen and oxygen atoms in total. The molecule has 0 radical (unpaired) electrons. The van der Waals surface area contributed by atoms with Crippen molar-refractivity contribution in [3.05, 3.63) is 58.1 Å². The van der Waals surface area contributed by atoms with Crippen molar-refractivity contribution in [1.29, 1.82) is 0 Å². The number of aromatic nitrogens is 6. The Morgan fingerprint density at radius 2 is 1.88 bits per heavy atom. The van der Waals surface area contributed by atoms with Crippen LogP contribution in [0.25, 0.3) is 22.4 Å². The highest BCUT2D eigenvalue weighted by Crippen LogP contribution is 2.17. The molecule has 0 bridgehead atoms. The fourth-order valence-electron chi connectivity index (χ4n) is 2.77. The highest BCUT2D eigenvalue weighted by Gasteiger charge is 2.12. The molecule has 3 aromatic heterocycles. The van der Waals surface area contributed by atoms with Gasteiger partial charge in [-0.3, -0.25) is 14.0 Å². The molecule has 0 aliphatic rings. The zero-order valence-electron chi connectivity index (χ0n) is 14.1. The van der Waals surface area contributed by atoms with E-state index in [0.717, 1.165) is 11.1 Å². The largest absolute Gasteiger partial charge is 0.339 e. The van der Waals surface area contributed by atoms with Crippen molar-refractivity contribution < 1.29 is 4.52 Å². The van der Waals surface area contributed by atoms with Crippen LogP contribution in [0.5, 0.6) is 0 Å². The highest BCUT2D eigenvalue weighted by molar-refractivity contribution is 5.73. The SMILES string of the molecule is Cc1nc(-c2ccc(Cn3c(C)nc4c(cnn4C)c3=O)cc2)no1. The van der Waals surface area contributed by atoms with Crippen LogP contribution in [0.4, 0.5) is 0 Å². The van der Waals surface area contributed by atoms with Crippen molar-refractivity contribution >= 4 is 11.0 Å². The summed E-state index contributed by atoms with van der Waals surface area (Å²) in [6.45, 7) is 4.01. The van der Waals surface area contributed by atoms with Crippen LogP contribution < -0.4 is 5.56 Å². The maximum absolute atomic E-state index is 12.7. The average molecular weight is 336 g/mol. The van der Waals surface area contributed by atoms with E-state index in [1.54, 1.807) is 29.4 Å². The number of aryl methyl sites for hydroxylation is 3. The third-order valence-electron chi connectivity index (χ3n) is 4.12. The fourth-order valence-corrected chi connectivity index (χ4v) is 2.77. The number of hydrogen-bond acceptors (Lipinski definition) is 6.